The van der Waals surface area contributed by atoms with Gasteiger partial charge in [-0.05, 0) is 12.8 Å². The Kier molecular flexibility index (Phi) is 5.20. The molecule has 0 aliphatic heterocycles. The minimum atomic E-state index is -0.132. The van der Waals surface area contributed by atoms with E-state index >= 15 is 0 Å². The molecule has 0 unspecified atom stereocenters. The number of hydrogen-bond donors (Lipinski definition) is 3. The van der Waals surface area contributed by atoms with Gasteiger partial charge >= 0.3 is 0 Å². The molecule has 0 spiro atoms. The number of nitrogens with two attached hydrogens (primary N) is 2. The maximum absolute atomic E-state index is 10.6. The minimum Gasteiger partial charge on any atom is -0.403 e. The van der Waals surface area contributed by atoms with Gasteiger partial charge in [-0.3, -0.25) is 4.79 Å². The summed E-state index contributed by atoms with van der Waals surface area (Å²) in [4.78, 5) is 10.6. The highest BCUT2D eigenvalue weighted by Gasteiger charge is 1.94. The van der Waals surface area contributed by atoms with Crippen LogP contribution in [0.15, 0.2) is 12.3 Å². The van der Waals surface area contributed by atoms with Gasteiger partial charge in [-0.1, -0.05) is 6.58 Å². The smallest absolute Gasteiger partial charge is 0.233 e. The standard InChI is InChI=1S/C7H15N3O/c1-6(9)3-2-4-10-7(11)5-8/h1-5,8-9H2,(H,10,11). The Morgan fingerprint density at radius 1 is 1.55 bits per heavy atom. The number of hydrogen-bond acceptors (Lipinski definition) is 3. The van der Waals surface area contributed by atoms with Gasteiger partial charge in [0.1, 0.15) is 0 Å². The normalized spacial score (nSPS) is 9.18. The second-order valence-corrected chi connectivity index (χ2v) is 2.32. The summed E-state index contributed by atoms with van der Waals surface area (Å²) in [6, 6.07) is 0. The summed E-state index contributed by atoms with van der Waals surface area (Å²) in [6.07, 6.45) is 1.56. The molecule has 0 aliphatic carbocycles. The van der Waals surface area contributed by atoms with E-state index in [1.165, 1.54) is 0 Å². The number of nitrogens with one attached hydrogen (secondary N) is 1. The van der Waals surface area contributed by atoms with Crippen LogP contribution in [-0.4, -0.2) is 19.0 Å². The first-order chi connectivity index (χ1) is 5.16. The van der Waals surface area contributed by atoms with Crippen molar-refractivity contribution in [3.8, 4) is 0 Å². The van der Waals surface area contributed by atoms with Crippen molar-refractivity contribution in [2.24, 2.45) is 11.5 Å². The van der Waals surface area contributed by atoms with E-state index in [9.17, 15) is 4.79 Å². The van der Waals surface area contributed by atoms with E-state index < -0.39 is 0 Å². The molecule has 1 amide bonds. The van der Waals surface area contributed by atoms with Crippen molar-refractivity contribution in [3.63, 3.8) is 0 Å². The molecule has 0 aromatic carbocycles. The zero-order valence-electron chi connectivity index (χ0n) is 6.60. The van der Waals surface area contributed by atoms with E-state index in [1.807, 2.05) is 0 Å². The van der Waals surface area contributed by atoms with E-state index in [1.54, 1.807) is 0 Å². The van der Waals surface area contributed by atoms with Crippen LogP contribution in [-0.2, 0) is 4.79 Å². The van der Waals surface area contributed by atoms with Crippen LogP contribution in [0.25, 0.3) is 0 Å². The van der Waals surface area contributed by atoms with E-state index in [-0.39, 0.29) is 12.5 Å². The molecule has 0 aliphatic rings. The Morgan fingerprint density at radius 3 is 2.64 bits per heavy atom. The van der Waals surface area contributed by atoms with Gasteiger partial charge in [0.15, 0.2) is 0 Å². The summed E-state index contributed by atoms with van der Waals surface area (Å²) in [7, 11) is 0. The topological polar surface area (TPSA) is 81.1 Å². The van der Waals surface area contributed by atoms with Gasteiger partial charge in [0.25, 0.3) is 0 Å². The number of amides is 1. The summed E-state index contributed by atoms with van der Waals surface area (Å²) < 4.78 is 0. The first kappa shape index (κ1) is 9.97. The molecule has 64 valence electrons. The van der Waals surface area contributed by atoms with Crippen LogP contribution in [0.1, 0.15) is 12.8 Å². The van der Waals surface area contributed by atoms with Crippen molar-refractivity contribution < 1.29 is 4.79 Å². The number of rotatable bonds is 5. The van der Waals surface area contributed by atoms with Gasteiger partial charge in [-0.15, -0.1) is 0 Å². The van der Waals surface area contributed by atoms with E-state index in [0.29, 0.717) is 12.2 Å². The quantitative estimate of drug-likeness (QED) is 0.462. The molecule has 11 heavy (non-hydrogen) atoms. The largest absolute Gasteiger partial charge is 0.403 e. The van der Waals surface area contributed by atoms with Crippen molar-refractivity contribution in [2.45, 2.75) is 12.8 Å². The van der Waals surface area contributed by atoms with E-state index in [4.69, 9.17) is 11.5 Å². The number of carbonyl (C=O) groups excluding carboxylic acids is 1. The lowest BCUT2D eigenvalue weighted by molar-refractivity contribution is -0.119. The first-order valence-electron chi connectivity index (χ1n) is 3.57. The fourth-order valence-electron chi connectivity index (χ4n) is 0.615. The third kappa shape index (κ3) is 6.86. The molecule has 0 radical (unpaired) electrons. The molecule has 0 rings (SSSR count). The van der Waals surface area contributed by atoms with Crippen LogP contribution < -0.4 is 16.8 Å². The maximum atomic E-state index is 10.6. The third-order valence-corrected chi connectivity index (χ3v) is 1.18. The predicted octanol–water partition coefficient (Wildman–Crippen LogP) is -0.686. The fourth-order valence-corrected chi connectivity index (χ4v) is 0.615. The van der Waals surface area contributed by atoms with Crippen molar-refractivity contribution >= 4 is 5.91 Å². The average Bonchev–Trinajstić information content (AvgIpc) is 1.97. The van der Waals surface area contributed by atoms with Crippen LogP contribution in [0.3, 0.4) is 0 Å². The van der Waals surface area contributed by atoms with E-state index in [0.717, 1.165) is 12.8 Å². The average molecular weight is 157 g/mol. The van der Waals surface area contributed by atoms with Crippen molar-refractivity contribution in [3.05, 3.63) is 12.3 Å². The van der Waals surface area contributed by atoms with E-state index in [2.05, 4.69) is 11.9 Å². The van der Waals surface area contributed by atoms with Crippen molar-refractivity contribution in [2.75, 3.05) is 13.1 Å². The predicted molar refractivity (Wildman–Crippen MR) is 44.6 cm³/mol. The summed E-state index contributed by atoms with van der Waals surface area (Å²) in [6.45, 7) is 4.19. The SMILES string of the molecule is C=C(N)CCCNC(=O)CN. The van der Waals surface area contributed by atoms with Gasteiger partial charge in [-0.2, -0.15) is 0 Å². The molecule has 0 atom stereocenters. The monoisotopic (exact) mass is 157 g/mol. The highest BCUT2D eigenvalue weighted by Crippen LogP contribution is 1.91. The number of carbonyl (C=O) groups is 1. The second-order valence-electron chi connectivity index (χ2n) is 2.32. The van der Waals surface area contributed by atoms with Gasteiger partial charge in [-0.25, -0.2) is 0 Å². The molecule has 0 heterocycles. The zero-order valence-corrected chi connectivity index (χ0v) is 6.60. The minimum absolute atomic E-state index is 0.0452. The van der Waals surface area contributed by atoms with Gasteiger partial charge in [0.05, 0.1) is 6.54 Å². The Morgan fingerprint density at radius 2 is 2.18 bits per heavy atom. The molecule has 4 heteroatoms. The summed E-state index contributed by atoms with van der Waals surface area (Å²) in [5, 5.41) is 2.63. The van der Waals surface area contributed by atoms with Gasteiger partial charge in [0.2, 0.25) is 5.91 Å². The van der Waals surface area contributed by atoms with Crippen LogP contribution >= 0.6 is 0 Å². The van der Waals surface area contributed by atoms with Gasteiger partial charge < -0.3 is 16.8 Å². The third-order valence-electron chi connectivity index (χ3n) is 1.18. The van der Waals surface area contributed by atoms with Crippen LogP contribution in [0, 0.1) is 0 Å². The molecule has 0 aromatic heterocycles. The molecule has 0 fully saturated rings. The van der Waals surface area contributed by atoms with Crippen LogP contribution in [0.4, 0.5) is 0 Å². The van der Waals surface area contributed by atoms with Gasteiger partial charge in [0, 0.05) is 12.2 Å². The fraction of sp³-hybridized carbons (Fsp3) is 0.571. The van der Waals surface area contributed by atoms with Crippen LogP contribution in [0.2, 0.25) is 0 Å². The Labute approximate surface area is 66.6 Å². The molecule has 5 N–H and O–H groups in total. The Balaban J connectivity index is 3.14. The molecule has 0 saturated heterocycles. The lowest BCUT2D eigenvalue weighted by Gasteiger charge is -2.02. The highest BCUT2D eigenvalue weighted by molar-refractivity contribution is 5.77. The molecule has 4 nitrogen and oxygen atoms in total. The molecule has 0 aromatic rings. The van der Waals surface area contributed by atoms with Crippen molar-refractivity contribution in [1.82, 2.24) is 5.32 Å². The second kappa shape index (κ2) is 5.73. The maximum Gasteiger partial charge on any atom is 0.233 e. The van der Waals surface area contributed by atoms with Crippen LogP contribution in [0.5, 0.6) is 0 Å². The summed E-state index contributed by atoms with van der Waals surface area (Å²) >= 11 is 0. The zero-order chi connectivity index (χ0) is 8.69. The Hall–Kier alpha value is -1.03. The lowest BCUT2D eigenvalue weighted by Crippen LogP contribution is -2.31. The summed E-state index contributed by atoms with van der Waals surface area (Å²) in [5.74, 6) is -0.132. The molecule has 0 saturated carbocycles. The first-order valence-corrected chi connectivity index (χ1v) is 3.57. The summed E-state index contributed by atoms with van der Waals surface area (Å²) in [5.41, 5.74) is 11.0. The van der Waals surface area contributed by atoms with Crippen molar-refractivity contribution in [1.29, 1.82) is 0 Å². The molecule has 0 bridgehead atoms. The molecular weight excluding hydrogens is 142 g/mol. The number of allylic oxidation sites excluding steroid dienone is 1. The highest BCUT2D eigenvalue weighted by atomic mass is 16.1. The Bertz CT molecular complexity index is 145. The lowest BCUT2D eigenvalue weighted by atomic mass is 10.2. The molecular formula is C7H15N3O.